The van der Waals surface area contributed by atoms with Crippen molar-refractivity contribution in [2.24, 2.45) is 0 Å². The maximum absolute atomic E-state index is 13.0. The highest BCUT2D eigenvalue weighted by molar-refractivity contribution is 5.90. The van der Waals surface area contributed by atoms with Crippen LogP contribution in [-0.4, -0.2) is 51.9 Å². The summed E-state index contributed by atoms with van der Waals surface area (Å²) >= 11 is 0. The molecule has 2 aromatic rings. The molecule has 0 atom stereocenters. The third kappa shape index (κ3) is 2.78. The lowest BCUT2D eigenvalue weighted by Crippen LogP contribution is -2.41. The molecule has 1 saturated heterocycles. The number of carbonyl (C=O) groups excluding carboxylic acids is 1. The van der Waals surface area contributed by atoms with Gasteiger partial charge in [0, 0.05) is 13.1 Å². The monoisotopic (exact) mass is 290 g/mol. The fraction of sp³-hybridized carbons (Fsp3) is 0.357. The highest BCUT2D eigenvalue weighted by atomic mass is 19.1. The van der Waals surface area contributed by atoms with Crippen LogP contribution in [-0.2, 0) is 4.74 Å². The summed E-state index contributed by atoms with van der Waals surface area (Å²) < 4.78 is 19.7. The Morgan fingerprint density at radius 3 is 2.57 bits per heavy atom. The highest BCUT2D eigenvalue weighted by Crippen LogP contribution is 2.12. The zero-order valence-corrected chi connectivity index (χ0v) is 11.6. The summed E-state index contributed by atoms with van der Waals surface area (Å²) in [6.45, 7) is 3.91. The lowest BCUT2D eigenvalue weighted by Gasteiger charge is -2.25. The minimum Gasteiger partial charge on any atom is -0.378 e. The average Bonchev–Trinajstić information content (AvgIpc) is 2.90. The van der Waals surface area contributed by atoms with Gasteiger partial charge in [0.15, 0.2) is 0 Å². The summed E-state index contributed by atoms with van der Waals surface area (Å²) in [7, 11) is 0. The van der Waals surface area contributed by atoms with Gasteiger partial charge in [0.05, 0.1) is 18.9 Å². The molecule has 1 aliphatic heterocycles. The van der Waals surface area contributed by atoms with E-state index in [4.69, 9.17) is 4.74 Å². The molecule has 3 rings (SSSR count). The van der Waals surface area contributed by atoms with Gasteiger partial charge in [0.25, 0.3) is 5.91 Å². The highest BCUT2D eigenvalue weighted by Gasteiger charge is 2.23. The van der Waals surface area contributed by atoms with Gasteiger partial charge in [-0.15, -0.1) is 5.10 Å². The molecule has 2 heterocycles. The number of benzene rings is 1. The minimum absolute atomic E-state index is 0.152. The second-order valence-electron chi connectivity index (χ2n) is 4.78. The quantitative estimate of drug-likeness (QED) is 0.833. The first-order chi connectivity index (χ1) is 10.1. The van der Waals surface area contributed by atoms with E-state index < -0.39 is 0 Å². The van der Waals surface area contributed by atoms with Crippen LogP contribution in [0.15, 0.2) is 24.3 Å². The van der Waals surface area contributed by atoms with Crippen molar-refractivity contribution in [2.75, 3.05) is 26.3 Å². The number of aryl methyl sites for hydroxylation is 1. The molecule has 0 aliphatic carbocycles. The number of hydrogen-bond donors (Lipinski definition) is 0. The number of nitrogens with zero attached hydrogens (tertiary/aromatic N) is 4. The normalized spacial score (nSPS) is 15.2. The predicted octanol–water partition coefficient (Wildman–Crippen LogP) is 1.19. The van der Waals surface area contributed by atoms with Crippen molar-refractivity contribution in [2.45, 2.75) is 6.92 Å². The van der Waals surface area contributed by atoms with E-state index in [1.165, 1.54) is 16.8 Å². The van der Waals surface area contributed by atoms with Crippen molar-refractivity contribution in [3.63, 3.8) is 0 Å². The molecule has 6 nitrogen and oxygen atoms in total. The SMILES string of the molecule is Cc1nc(C(=O)N2CCOCC2)nn1-c1ccc(F)cc1. The van der Waals surface area contributed by atoms with E-state index in [9.17, 15) is 9.18 Å². The molecule has 0 radical (unpaired) electrons. The predicted molar refractivity (Wildman–Crippen MR) is 72.8 cm³/mol. The van der Waals surface area contributed by atoms with Gasteiger partial charge < -0.3 is 9.64 Å². The number of carbonyl (C=O) groups is 1. The van der Waals surface area contributed by atoms with E-state index >= 15 is 0 Å². The third-order valence-corrected chi connectivity index (χ3v) is 3.33. The molecular weight excluding hydrogens is 275 g/mol. The van der Waals surface area contributed by atoms with Crippen LogP contribution in [0.5, 0.6) is 0 Å². The summed E-state index contributed by atoms with van der Waals surface area (Å²) in [6, 6.07) is 5.89. The van der Waals surface area contributed by atoms with Crippen LogP contribution in [0.4, 0.5) is 4.39 Å². The Bertz CT molecular complexity index is 647. The molecule has 1 aromatic heterocycles. The Morgan fingerprint density at radius 2 is 1.90 bits per heavy atom. The molecular formula is C14H15FN4O2. The van der Waals surface area contributed by atoms with Crippen LogP contribution >= 0.6 is 0 Å². The van der Waals surface area contributed by atoms with Crippen molar-refractivity contribution >= 4 is 5.91 Å². The molecule has 0 N–H and O–H groups in total. The first-order valence-electron chi connectivity index (χ1n) is 6.72. The Kier molecular flexibility index (Phi) is 3.66. The van der Waals surface area contributed by atoms with Gasteiger partial charge in [-0.25, -0.2) is 14.1 Å². The summed E-state index contributed by atoms with van der Waals surface area (Å²) in [4.78, 5) is 18.2. The van der Waals surface area contributed by atoms with Gasteiger partial charge in [-0.05, 0) is 31.2 Å². The van der Waals surface area contributed by atoms with Gasteiger partial charge in [0.2, 0.25) is 5.82 Å². The van der Waals surface area contributed by atoms with Gasteiger partial charge in [0.1, 0.15) is 11.6 Å². The molecule has 0 spiro atoms. The molecule has 0 unspecified atom stereocenters. The minimum atomic E-state index is -0.318. The number of amides is 1. The van der Waals surface area contributed by atoms with E-state index in [1.54, 1.807) is 24.0 Å². The fourth-order valence-corrected chi connectivity index (χ4v) is 2.22. The molecule has 1 fully saturated rings. The fourth-order valence-electron chi connectivity index (χ4n) is 2.22. The smallest absolute Gasteiger partial charge is 0.293 e. The molecule has 110 valence electrons. The van der Waals surface area contributed by atoms with Crippen LogP contribution in [0.3, 0.4) is 0 Å². The van der Waals surface area contributed by atoms with E-state index in [0.717, 1.165) is 0 Å². The van der Waals surface area contributed by atoms with Gasteiger partial charge in [-0.1, -0.05) is 0 Å². The molecule has 7 heteroatoms. The average molecular weight is 290 g/mol. The summed E-state index contributed by atoms with van der Waals surface area (Å²) in [5.41, 5.74) is 0.669. The standard InChI is InChI=1S/C14H15FN4O2/c1-10-16-13(14(20)18-6-8-21-9-7-18)17-19(10)12-4-2-11(15)3-5-12/h2-5H,6-9H2,1H3. The molecule has 1 aliphatic rings. The third-order valence-electron chi connectivity index (χ3n) is 3.33. The first-order valence-corrected chi connectivity index (χ1v) is 6.72. The van der Waals surface area contributed by atoms with E-state index in [2.05, 4.69) is 10.1 Å². The van der Waals surface area contributed by atoms with Crippen LogP contribution in [0, 0.1) is 12.7 Å². The van der Waals surface area contributed by atoms with Crippen LogP contribution in [0.1, 0.15) is 16.4 Å². The zero-order chi connectivity index (χ0) is 14.8. The van der Waals surface area contributed by atoms with Crippen molar-refractivity contribution < 1.29 is 13.9 Å². The molecule has 0 bridgehead atoms. The summed E-state index contributed by atoms with van der Waals surface area (Å²) in [6.07, 6.45) is 0. The first kappa shape index (κ1) is 13.7. The van der Waals surface area contributed by atoms with Crippen molar-refractivity contribution in [3.8, 4) is 5.69 Å². The Hall–Kier alpha value is -2.28. The van der Waals surface area contributed by atoms with E-state index in [0.29, 0.717) is 37.8 Å². The lowest BCUT2D eigenvalue weighted by molar-refractivity contribution is 0.0295. The van der Waals surface area contributed by atoms with Crippen LogP contribution < -0.4 is 0 Å². The number of ether oxygens (including phenoxy) is 1. The largest absolute Gasteiger partial charge is 0.378 e. The molecule has 1 amide bonds. The Morgan fingerprint density at radius 1 is 1.24 bits per heavy atom. The van der Waals surface area contributed by atoms with E-state index in [1.807, 2.05) is 0 Å². The molecule has 21 heavy (non-hydrogen) atoms. The zero-order valence-electron chi connectivity index (χ0n) is 11.6. The second kappa shape index (κ2) is 5.61. The number of morpholine rings is 1. The van der Waals surface area contributed by atoms with Gasteiger partial charge in [-0.2, -0.15) is 0 Å². The summed E-state index contributed by atoms with van der Waals surface area (Å²) in [5.74, 6) is 0.209. The molecule has 1 aromatic carbocycles. The van der Waals surface area contributed by atoms with Gasteiger partial charge in [-0.3, -0.25) is 4.79 Å². The number of rotatable bonds is 2. The number of hydrogen-bond acceptors (Lipinski definition) is 4. The topological polar surface area (TPSA) is 60.3 Å². The lowest BCUT2D eigenvalue weighted by atomic mass is 10.3. The maximum atomic E-state index is 13.0. The summed E-state index contributed by atoms with van der Waals surface area (Å²) in [5, 5.41) is 4.24. The van der Waals surface area contributed by atoms with Crippen LogP contribution in [0.2, 0.25) is 0 Å². The number of aromatic nitrogens is 3. The second-order valence-corrected chi connectivity index (χ2v) is 4.78. The van der Waals surface area contributed by atoms with Crippen LogP contribution in [0.25, 0.3) is 5.69 Å². The Labute approximate surface area is 121 Å². The molecule has 0 saturated carbocycles. The van der Waals surface area contributed by atoms with E-state index in [-0.39, 0.29) is 17.5 Å². The van der Waals surface area contributed by atoms with Crippen molar-refractivity contribution in [1.29, 1.82) is 0 Å². The number of halogens is 1. The van der Waals surface area contributed by atoms with Crippen molar-refractivity contribution in [3.05, 3.63) is 41.7 Å². The van der Waals surface area contributed by atoms with Crippen molar-refractivity contribution in [1.82, 2.24) is 19.7 Å². The maximum Gasteiger partial charge on any atom is 0.293 e. The Balaban J connectivity index is 1.86. The van der Waals surface area contributed by atoms with Gasteiger partial charge >= 0.3 is 0 Å².